The van der Waals surface area contributed by atoms with Crippen molar-refractivity contribution in [3.63, 3.8) is 0 Å². The molecule has 1 atom stereocenters. The van der Waals surface area contributed by atoms with Crippen molar-refractivity contribution in [3.8, 4) is 0 Å². The van der Waals surface area contributed by atoms with Crippen molar-refractivity contribution in [2.75, 3.05) is 0 Å². The molecular weight excluding hydrogens is 248 g/mol. The summed E-state index contributed by atoms with van der Waals surface area (Å²) in [6.45, 7) is 3.61. The maximum Gasteiger partial charge on any atom is 0.237 e. The molecule has 1 fully saturated rings. The Morgan fingerprint density at radius 2 is 1.95 bits per heavy atom. The van der Waals surface area contributed by atoms with E-state index >= 15 is 0 Å². The molecule has 1 unspecified atom stereocenters. The van der Waals surface area contributed by atoms with Crippen LogP contribution in [0.5, 0.6) is 0 Å². The van der Waals surface area contributed by atoms with Gasteiger partial charge >= 0.3 is 0 Å². The first-order valence-corrected chi connectivity index (χ1v) is 7.42. The Kier molecular flexibility index (Phi) is 5.36. The molecule has 0 heterocycles. The van der Waals surface area contributed by atoms with E-state index in [1.807, 2.05) is 0 Å². The Morgan fingerprint density at radius 3 is 2.55 bits per heavy atom. The number of carbonyl (C=O) groups excluding carboxylic acids is 1. The highest BCUT2D eigenvalue weighted by Crippen LogP contribution is 2.32. The van der Waals surface area contributed by atoms with Gasteiger partial charge in [-0.1, -0.05) is 36.4 Å². The molecule has 1 aliphatic rings. The van der Waals surface area contributed by atoms with Crippen molar-refractivity contribution in [2.45, 2.75) is 50.1 Å². The SMILES string of the molecule is C=CCC(N)C(=O)NC1CCC(c2ccccc2)CC1. The summed E-state index contributed by atoms with van der Waals surface area (Å²) < 4.78 is 0. The normalized spacial score (nSPS) is 23.9. The molecule has 0 bridgehead atoms. The first kappa shape index (κ1) is 14.8. The zero-order chi connectivity index (χ0) is 14.4. The molecule has 2 rings (SSSR count). The predicted octanol–water partition coefficient (Wildman–Crippen LogP) is 2.73. The van der Waals surface area contributed by atoms with E-state index in [0.717, 1.165) is 25.7 Å². The van der Waals surface area contributed by atoms with Crippen LogP contribution in [-0.4, -0.2) is 18.0 Å². The first-order chi connectivity index (χ1) is 9.70. The van der Waals surface area contributed by atoms with Crippen molar-refractivity contribution < 1.29 is 4.79 Å². The number of hydrogen-bond donors (Lipinski definition) is 2. The molecule has 1 saturated carbocycles. The van der Waals surface area contributed by atoms with E-state index in [4.69, 9.17) is 5.73 Å². The average Bonchev–Trinajstić information content (AvgIpc) is 2.49. The lowest BCUT2D eigenvalue weighted by Gasteiger charge is -2.30. The summed E-state index contributed by atoms with van der Waals surface area (Å²) in [6, 6.07) is 10.5. The van der Waals surface area contributed by atoms with Crippen LogP contribution in [0.15, 0.2) is 43.0 Å². The average molecular weight is 272 g/mol. The number of nitrogens with one attached hydrogen (secondary N) is 1. The van der Waals surface area contributed by atoms with Gasteiger partial charge in [0, 0.05) is 6.04 Å². The van der Waals surface area contributed by atoms with Gasteiger partial charge in [0.2, 0.25) is 5.91 Å². The third kappa shape index (κ3) is 3.94. The standard InChI is InChI=1S/C17H24N2O/c1-2-6-16(18)17(20)19-15-11-9-14(10-12-15)13-7-4-3-5-8-13/h2-5,7-8,14-16H,1,6,9-12,18H2,(H,19,20). The maximum atomic E-state index is 11.9. The molecule has 108 valence electrons. The number of hydrogen-bond acceptors (Lipinski definition) is 2. The summed E-state index contributed by atoms with van der Waals surface area (Å²) >= 11 is 0. The minimum Gasteiger partial charge on any atom is -0.352 e. The van der Waals surface area contributed by atoms with E-state index in [0.29, 0.717) is 12.3 Å². The second kappa shape index (κ2) is 7.25. The molecular formula is C17H24N2O. The van der Waals surface area contributed by atoms with Gasteiger partial charge in [0.25, 0.3) is 0 Å². The molecule has 0 spiro atoms. The molecule has 0 aromatic heterocycles. The molecule has 1 aliphatic carbocycles. The van der Waals surface area contributed by atoms with Gasteiger partial charge in [0.1, 0.15) is 0 Å². The molecule has 1 amide bonds. The van der Waals surface area contributed by atoms with Gasteiger partial charge in [0.05, 0.1) is 6.04 Å². The second-order valence-corrected chi connectivity index (χ2v) is 5.60. The number of rotatable bonds is 5. The highest BCUT2D eigenvalue weighted by atomic mass is 16.2. The molecule has 1 aromatic carbocycles. The Morgan fingerprint density at radius 1 is 1.30 bits per heavy atom. The van der Waals surface area contributed by atoms with Crippen LogP contribution in [0.25, 0.3) is 0 Å². The second-order valence-electron chi connectivity index (χ2n) is 5.60. The van der Waals surface area contributed by atoms with Crippen molar-refractivity contribution in [1.82, 2.24) is 5.32 Å². The summed E-state index contributed by atoms with van der Waals surface area (Å²) in [5.41, 5.74) is 7.20. The van der Waals surface area contributed by atoms with Crippen LogP contribution in [0.4, 0.5) is 0 Å². The van der Waals surface area contributed by atoms with E-state index < -0.39 is 6.04 Å². The van der Waals surface area contributed by atoms with Crippen LogP contribution in [0.2, 0.25) is 0 Å². The lowest BCUT2D eigenvalue weighted by Crippen LogP contribution is -2.46. The quantitative estimate of drug-likeness (QED) is 0.810. The third-order valence-electron chi connectivity index (χ3n) is 4.10. The molecule has 3 heteroatoms. The predicted molar refractivity (Wildman–Crippen MR) is 82.4 cm³/mol. The van der Waals surface area contributed by atoms with Crippen LogP contribution in [-0.2, 0) is 4.79 Å². The van der Waals surface area contributed by atoms with Crippen molar-refractivity contribution in [3.05, 3.63) is 48.6 Å². The molecule has 20 heavy (non-hydrogen) atoms. The molecule has 0 saturated heterocycles. The van der Waals surface area contributed by atoms with Gasteiger partial charge < -0.3 is 11.1 Å². The fraction of sp³-hybridized carbons (Fsp3) is 0.471. The van der Waals surface area contributed by atoms with E-state index in [9.17, 15) is 4.79 Å². The Bertz CT molecular complexity index is 436. The van der Waals surface area contributed by atoms with Gasteiger partial charge in [-0.2, -0.15) is 0 Å². The van der Waals surface area contributed by atoms with Crippen LogP contribution >= 0.6 is 0 Å². The van der Waals surface area contributed by atoms with Crippen molar-refractivity contribution >= 4 is 5.91 Å². The minimum absolute atomic E-state index is 0.0481. The topological polar surface area (TPSA) is 55.1 Å². The highest BCUT2D eigenvalue weighted by Gasteiger charge is 2.24. The third-order valence-corrected chi connectivity index (χ3v) is 4.10. The van der Waals surface area contributed by atoms with Gasteiger partial charge in [-0.15, -0.1) is 6.58 Å². The molecule has 0 radical (unpaired) electrons. The fourth-order valence-electron chi connectivity index (χ4n) is 2.89. The van der Waals surface area contributed by atoms with Gasteiger partial charge in [-0.25, -0.2) is 0 Å². The number of amides is 1. The van der Waals surface area contributed by atoms with Crippen LogP contribution in [0, 0.1) is 0 Å². The monoisotopic (exact) mass is 272 g/mol. The number of nitrogens with two attached hydrogens (primary N) is 1. The lowest BCUT2D eigenvalue weighted by atomic mass is 9.81. The summed E-state index contributed by atoms with van der Waals surface area (Å²) in [6.07, 6.45) is 6.55. The van der Waals surface area contributed by atoms with E-state index in [2.05, 4.69) is 42.2 Å². The van der Waals surface area contributed by atoms with Gasteiger partial charge in [0.15, 0.2) is 0 Å². The van der Waals surface area contributed by atoms with E-state index in [1.165, 1.54) is 5.56 Å². The summed E-state index contributed by atoms with van der Waals surface area (Å²) in [5.74, 6) is 0.583. The maximum absolute atomic E-state index is 11.9. The Hall–Kier alpha value is -1.61. The van der Waals surface area contributed by atoms with Gasteiger partial charge in [-0.3, -0.25) is 4.79 Å². The zero-order valence-electron chi connectivity index (χ0n) is 11.9. The Balaban J connectivity index is 1.80. The van der Waals surface area contributed by atoms with Crippen molar-refractivity contribution in [2.24, 2.45) is 5.73 Å². The smallest absolute Gasteiger partial charge is 0.237 e. The van der Waals surface area contributed by atoms with Crippen molar-refractivity contribution in [1.29, 1.82) is 0 Å². The lowest BCUT2D eigenvalue weighted by molar-refractivity contribution is -0.123. The number of carbonyl (C=O) groups is 1. The number of benzene rings is 1. The van der Waals surface area contributed by atoms with E-state index in [1.54, 1.807) is 6.08 Å². The Labute approximate surface area is 121 Å². The minimum atomic E-state index is -0.459. The van der Waals surface area contributed by atoms with Crippen LogP contribution in [0.1, 0.15) is 43.6 Å². The van der Waals surface area contributed by atoms with Crippen LogP contribution in [0.3, 0.4) is 0 Å². The van der Waals surface area contributed by atoms with Gasteiger partial charge in [-0.05, 0) is 43.6 Å². The molecule has 3 N–H and O–H groups in total. The van der Waals surface area contributed by atoms with E-state index in [-0.39, 0.29) is 11.9 Å². The summed E-state index contributed by atoms with van der Waals surface area (Å²) in [5, 5.41) is 3.06. The summed E-state index contributed by atoms with van der Waals surface area (Å²) in [4.78, 5) is 11.9. The highest BCUT2D eigenvalue weighted by molar-refractivity contribution is 5.81. The zero-order valence-corrected chi connectivity index (χ0v) is 11.9. The fourth-order valence-corrected chi connectivity index (χ4v) is 2.89. The molecule has 0 aliphatic heterocycles. The summed E-state index contributed by atoms with van der Waals surface area (Å²) in [7, 11) is 0. The molecule has 3 nitrogen and oxygen atoms in total. The van der Waals surface area contributed by atoms with Crippen LogP contribution < -0.4 is 11.1 Å². The first-order valence-electron chi connectivity index (χ1n) is 7.42. The molecule has 1 aromatic rings. The largest absolute Gasteiger partial charge is 0.352 e.